The molecule has 0 radical (unpaired) electrons. The number of nitrogens with one attached hydrogen (secondary N) is 1. The first-order valence-electron chi connectivity index (χ1n) is 5.55. The molecule has 0 spiro atoms. The maximum Gasteiger partial charge on any atom is 0.269 e. The molecule has 0 fully saturated rings. The van der Waals surface area contributed by atoms with E-state index in [2.05, 4.69) is 15.5 Å². The van der Waals surface area contributed by atoms with E-state index in [9.17, 15) is 14.9 Å². The van der Waals surface area contributed by atoms with E-state index >= 15 is 0 Å². The lowest BCUT2D eigenvalue weighted by Crippen LogP contribution is -2.22. The molecule has 1 aromatic carbocycles. The number of nitro benzene ring substituents is 1. The molecule has 5 N–H and O–H groups in total. The molecule has 0 unspecified atom stereocenters. The number of non-ortho nitro benzene ring substituents is 1. The first-order valence-corrected chi connectivity index (χ1v) is 5.55. The second-order valence-corrected chi connectivity index (χ2v) is 3.89. The Bertz CT molecular complexity index is 560. The number of nitrogens with two attached hydrogens (primary N) is 2. The minimum absolute atomic E-state index is 0.00771. The quantitative estimate of drug-likeness (QED) is 0.311. The molecular weight excluding hydrogens is 264 g/mol. The third kappa shape index (κ3) is 5.12. The fourth-order valence-electron chi connectivity index (χ4n) is 1.28. The summed E-state index contributed by atoms with van der Waals surface area (Å²) >= 11 is 0. The standard InChI is InChI=1S/C11H14N6O3/c1-7(15-16-11(12)13)6-10(18)14-8-2-4-9(5-3-8)17(19)20/h2-5H,6H2,1H3,(H,14,18)(H4,12,13,16)/b15-7+. The van der Waals surface area contributed by atoms with Crippen molar-refractivity contribution in [2.75, 3.05) is 5.32 Å². The molecule has 1 amide bonds. The predicted octanol–water partition coefficient (Wildman–Crippen LogP) is 0.573. The minimum Gasteiger partial charge on any atom is -0.369 e. The Morgan fingerprint density at radius 3 is 2.40 bits per heavy atom. The predicted molar refractivity (Wildman–Crippen MR) is 75.3 cm³/mol. The van der Waals surface area contributed by atoms with E-state index in [1.807, 2.05) is 0 Å². The summed E-state index contributed by atoms with van der Waals surface area (Å²) in [7, 11) is 0. The summed E-state index contributed by atoms with van der Waals surface area (Å²) in [6.07, 6.45) is 0.00771. The molecule has 0 aliphatic rings. The topological polar surface area (TPSA) is 149 Å². The lowest BCUT2D eigenvalue weighted by atomic mass is 10.2. The van der Waals surface area contributed by atoms with Gasteiger partial charge in [0.05, 0.1) is 11.3 Å². The van der Waals surface area contributed by atoms with Gasteiger partial charge in [-0.05, 0) is 19.1 Å². The summed E-state index contributed by atoms with van der Waals surface area (Å²) in [6.45, 7) is 1.60. The maximum atomic E-state index is 11.6. The number of amides is 1. The van der Waals surface area contributed by atoms with Gasteiger partial charge in [-0.1, -0.05) is 0 Å². The van der Waals surface area contributed by atoms with Crippen LogP contribution in [0.15, 0.2) is 34.5 Å². The lowest BCUT2D eigenvalue weighted by molar-refractivity contribution is -0.384. The third-order valence-electron chi connectivity index (χ3n) is 2.11. The Hall–Kier alpha value is -2.97. The minimum atomic E-state index is -0.516. The first-order chi connectivity index (χ1) is 9.38. The van der Waals surface area contributed by atoms with Crippen molar-refractivity contribution in [2.45, 2.75) is 13.3 Å². The zero-order valence-corrected chi connectivity index (χ0v) is 10.7. The monoisotopic (exact) mass is 278 g/mol. The van der Waals surface area contributed by atoms with Crippen LogP contribution in [0.3, 0.4) is 0 Å². The number of benzene rings is 1. The van der Waals surface area contributed by atoms with E-state index in [1.165, 1.54) is 24.3 Å². The van der Waals surface area contributed by atoms with E-state index in [4.69, 9.17) is 11.5 Å². The molecule has 0 bridgehead atoms. The molecule has 9 nitrogen and oxygen atoms in total. The highest BCUT2D eigenvalue weighted by molar-refractivity contribution is 6.05. The van der Waals surface area contributed by atoms with Gasteiger partial charge in [-0.2, -0.15) is 5.10 Å². The normalized spacial score (nSPS) is 10.8. The second kappa shape index (κ2) is 6.83. The summed E-state index contributed by atoms with van der Waals surface area (Å²) in [5.74, 6) is -0.522. The van der Waals surface area contributed by atoms with Crippen molar-refractivity contribution in [2.24, 2.45) is 21.7 Å². The molecule has 0 aliphatic carbocycles. The van der Waals surface area contributed by atoms with Crippen LogP contribution in [0.25, 0.3) is 0 Å². The van der Waals surface area contributed by atoms with Crippen molar-refractivity contribution in [3.63, 3.8) is 0 Å². The molecule has 0 aromatic heterocycles. The van der Waals surface area contributed by atoms with E-state index in [0.29, 0.717) is 11.4 Å². The Kier molecular flexibility index (Phi) is 5.15. The smallest absolute Gasteiger partial charge is 0.269 e. The van der Waals surface area contributed by atoms with Gasteiger partial charge < -0.3 is 16.8 Å². The van der Waals surface area contributed by atoms with Crippen molar-refractivity contribution in [3.8, 4) is 0 Å². The molecule has 0 heterocycles. The Labute approximate surface area is 114 Å². The highest BCUT2D eigenvalue weighted by Gasteiger charge is 2.07. The van der Waals surface area contributed by atoms with Gasteiger partial charge in [0.1, 0.15) is 0 Å². The number of hydrogen-bond acceptors (Lipinski definition) is 5. The van der Waals surface area contributed by atoms with Crippen LogP contribution < -0.4 is 16.8 Å². The third-order valence-corrected chi connectivity index (χ3v) is 2.11. The van der Waals surface area contributed by atoms with Crippen molar-refractivity contribution in [3.05, 3.63) is 34.4 Å². The van der Waals surface area contributed by atoms with Crippen molar-refractivity contribution in [1.29, 1.82) is 0 Å². The van der Waals surface area contributed by atoms with Gasteiger partial charge in [-0.3, -0.25) is 14.9 Å². The maximum absolute atomic E-state index is 11.6. The number of nitrogens with zero attached hydrogens (tertiary/aromatic N) is 3. The molecule has 1 rings (SSSR count). The largest absolute Gasteiger partial charge is 0.369 e. The first kappa shape index (κ1) is 15.1. The zero-order chi connectivity index (χ0) is 15.1. The number of rotatable bonds is 5. The molecule has 0 aliphatic heterocycles. The van der Waals surface area contributed by atoms with Crippen LogP contribution in [-0.2, 0) is 4.79 Å². The van der Waals surface area contributed by atoms with Gasteiger partial charge in [-0.15, -0.1) is 5.10 Å². The van der Waals surface area contributed by atoms with Crippen molar-refractivity contribution in [1.82, 2.24) is 0 Å². The van der Waals surface area contributed by atoms with Gasteiger partial charge in [0.2, 0.25) is 11.9 Å². The summed E-state index contributed by atoms with van der Waals surface area (Å²) in [6, 6.07) is 5.49. The van der Waals surface area contributed by atoms with Crippen LogP contribution in [0.5, 0.6) is 0 Å². The van der Waals surface area contributed by atoms with Gasteiger partial charge in [0.25, 0.3) is 5.69 Å². The Morgan fingerprint density at radius 2 is 1.90 bits per heavy atom. The highest BCUT2D eigenvalue weighted by Crippen LogP contribution is 2.15. The average Bonchev–Trinajstić information content (AvgIpc) is 2.36. The number of nitro groups is 1. The Balaban J connectivity index is 2.60. The Morgan fingerprint density at radius 1 is 1.30 bits per heavy atom. The SMILES string of the molecule is C/C(CC(=O)Nc1ccc([N+](=O)[O-])cc1)=N\N=C(N)N. The van der Waals surface area contributed by atoms with Gasteiger partial charge in [-0.25, -0.2) is 0 Å². The molecule has 0 atom stereocenters. The van der Waals surface area contributed by atoms with Gasteiger partial charge >= 0.3 is 0 Å². The number of carbonyl (C=O) groups excluding carboxylic acids is 1. The van der Waals surface area contributed by atoms with E-state index in [-0.39, 0.29) is 24.0 Å². The summed E-state index contributed by atoms with van der Waals surface area (Å²) < 4.78 is 0. The van der Waals surface area contributed by atoms with E-state index < -0.39 is 4.92 Å². The molecule has 20 heavy (non-hydrogen) atoms. The summed E-state index contributed by atoms with van der Waals surface area (Å²) in [5, 5.41) is 20.1. The lowest BCUT2D eigenvalue weighted by Gasteiger charge is -2.04. The molecule has 9 heteroatoms. The number of anilines is 1. The van der Waals surface area contributed by atoms with Gasteiger partial charge in [0, 0.05) is 23.5 Å². The molecule has 1 aromatic rings. The molecular formula is C11H14N6O3. The summed E-state index contributed by atoms with van der Waals surface area (Å²) in [5.41, 5.74) is 11.0. The number of hydrogen-bond donors (Lipinski definition) is 3. The van der Waals surface area contributed by atoms with Crippen LogP contribution in [0.2, 0.25) is 0 Å². The van der Waals surface area contributed by atoms with Crippen molar-refractivity contribution < 1.29 is 9.72 Å². The molecule has 0 saturated carbocycles. The second-order valence-electron chi connectivity index (χ2n) is 3.89. The average molecular weight is 278 g/mol. The van der Waals surface area contributed by atoms with Crippen LogP contribution in [0.1, 0.15) is 13.3 Å². The summed E-state index contributed by atoms with van der Waals surface area (Å²) in [4.78, 5) is 21.6. The van der Waals surface area contributed by atoms with Crippen LogP contribution in [-0.4, -0.2) is 22.5 Å². The highest BCUT2D eigenvalue weighted by atomic mass is 16.6. The number of guanidine groups is 1. The van der Waals surface area contributed by atoms with Crippen LogP contribution in [0.4, 0.5) is 11.4 Å². The van der Waals surface area contributed by atoms with Gasteiger partial charge in [0.15, 0.2) is 0 Å². The van der Waals surface area contributed by atoms with E-state index in [1.54, 1.807) is 6.92 Å². The van der Waals surface area contributed by atoms with E-state index in [0.717, 1.165) is 0 Å². The van der Waals surface area contributed by atoms with Crippen LogP contribution >= 0.6 is 0 Å². The van der Waals surface area contributed by atoms with Crippen molar-refractivity contribution >= 4 is 29.0 Å². The fourth-order valence-corrected chi connectivity index (χ4v) is 1.28. The fraction of sp³-hybridized carbons (Fsp3) is 0.182. The number of carbonyl (C=O) groups is 1. The molecule has 106 valence electrons. The molecule has 0 saturated heterocycles. The van der Waals surface area contributed by atoms with Crippen LogP contribution in [0, 0.1) is 10.1 Å². The zero-order valence-electron chi connectivity index (χ0n) is 10.7.